The van der Waals surface area contributed by atoms with Crippen LogP contribution in [0.1, 0.15) is 18.1 Å². The van der Waals surface area contributed by atoms with Crippen LogP contribution in [0.4, 0.5) is 0 Å². The summed E-state index contributed by atoms with van der Waals surface area (Å²) >= 11 is 0. The highest BCUT2D eigenvalue weighted by Crippen LogP contribution is 2.06. The third kappa shape index (κ3) is 5.83. The van der Waals surface area contributed by atoms with E-state index >= 15 is 0 Å². The van der Waals surface area contributed by atoms with Crippen molar-refractivity contribution >= 4 is 0 Å². The molecule has 0 saturated carbocycles. The number of rotatable bonds is 6. The van der Waals surface area contributed by atoms with Crippen LogP contribution in [0.25, 0.3) is 0 Å². The molecule has 0 spiro atoms. The maximum Gasteiger partial charge on any atom is 0.0593 e. The second-order valence-corrected chi connectivity index (χ2v) is 4.14. The minimum atomic E-state index is 0.401. The van der Waals surface area contributed by atoms with Crippen molar-refractivity contribution in [1.29, 1.82) is 0 Å². The van der Waals surface area contributed by atoms with Crippen LogP contribution in [-0.2, 0) is 11.3 Å². The van der Waals surface area contributed by atoms with Crippen molar-refractivity contribution in [3.63, 3.8) is 0 Å². The molecule has 1 aromatic rings. The molecule has 1 aromatic carbocycles. The lowest BCUT2D eigenvalue weighted by Crippen LogP contribution is -2.22. The highest BCUT2D eigenvalue weighted by molar-refractivity contribution is 5.37. The first-order chi connectivity index (χ1) is 8.76. The van der Waals surface area contributed by atoms with Crippen LogP contribution in [0.2, 0.25) is 0 Å². The molecule has 0 aliphatic rings. The summed E-state index contributed by atoms with van der Waals surface area (Å²) in [7, 11) is 2.09. The standard InChI is InChI=1S/C15H22N2O/c1-3-18-11-10-17(2)13-15-7-4-6-14(12-15)8-5-9-16/h4,6-7,12H,3,9-11,13,16H2,1-2H3. The maximum absolute atomic E-state index is 5.37. The van der Waals surface area contributed by atoms with Crippen molar-refractivity contribution in [1.82, 2.24) is 4.90 Å². The Morgan fingerprint density at radius 2 is 2.22 bits per heavy atom. The fourth-order valence-electron chi connectivity index (χ4n) is 1.66. The third-order valence-electron chi connectivity index (χ3n) is 2.54. The van der Waals surface area contributed by atoms with E-state index < -0.39 is 0 Å². The predicted octanol–water partition coefficient (Wildman–Crippen LogP) is 1.47. The van der Waals surface area contributed by atoms with Gasteiger partial charge in [-0.3, -0.25) is 4.90 Å². The van der Waals surface area contributed by atoms with Crippen LogP contribution in [0.5, 0.6) is 0 Å². The normalized spacial score (nSPS) is 10.2. The first-order valence-electron chi connectivity index (χ1n) is 6.30. The summed E-state index contributed by atoms with van der Waals surface area (Å²) < 4.78 is 5.34. The largest absolute Gasteiger partial charge is 0.380 e. The molecule has 18 heavy (non-hydrogen) atoms. The molecule has 0 fully saturated rings. The van der Waals surface area contributed by atoms with Gasteiger partial charge in [0.05, 0.1) is 13.2 Å². The Labute approximate surface area is 110 Å². The molecule has 0 aliphatic carbocycles. The molecule has 1 rings (SSSR count). The van der Waals surface area contributed by atoms with Crippen LogP contribution in [-0.4, -0.2) is 38.3 Å². The fraction of sp³-hybridized carbons (Fsp3) is 0.467. The Balaban J connectivity index is 2.50. The second-order valence-electron chi connectivity index (χ2n) is 4.14. The zero-order valence-corrected chi connectivity index (χ0v) is 11.3. The summed E-state index contributed by atoms with van der Waals surface area (Å²) in [6.45, 7) is 5.81. The van der Waals surface area contributed by atoms with Gasteiger partial charge in [0.15, 0.2) is 0 Å². The minimum absolute atomic E-state index is 0.401. The molecule has 0 saturated heterocycles. The van der Waals surface area contributed by atoms with E-state index in [1.165, 1.54) is 5.56 Å². The van der Waals surface area contributed by atoms with E-state index in [-0.39, 0.29) is 0 Å². The number of hydrogen-bond donors (Lipinski definition) is 1. The third-order valence-corrected chi connectivity index (χ3v) is 2.54. The van der Waals surface area contributed by atoms with E-state index in [1.807, 2.05) is 19.1 Å². The summed E-state index contributed by atoms with van der Waals surface area (Å²) in [5.74, 6) is 5.92. The molecule has 98 valence electrons. The zero-order chi connectivity index (χ0) is 13.2. The molecule has 2 N–H and O–H groups in total. The summed E-state index contributed by atoms with van der Waals surface area (Å²) in [6, 6.07) is 8.27. The van der Waals surface area contributed by atoms with Gasteiger partial charge in [-0.1, -0.05) is 24.0 Å². The molecule has 0 unspecified atom stereocenters. The van der Waals surface area contributed by atoms with E-state index in [9.17, 15) is 0 Å². The van der Waals surface area contributed by atoms with Gasteiger partial charge in [-0.25, -0.2) is 0 Å². The smallest absolute Gasteiger partial charge is 0.0593 e. The Morgan fingerprint density at radius 1 is 1.39 bits per heavy atom. The molecule has 3 heteroatoms. The van der Waals surface area contributed by atoms with Gasteiger partial charge >= 0.3 is 0 Å². The highest BCUT2D eigenvalue weighted by atomic mass is 16.5. The summed E-state index contributed by atoms with van der Waals surface area (Å²) in [4.78, 5) is 2.24. The summed E-state index contributed by atoms with van der Waals surface area (Å²) in [6.07, 6.45) is 0. The average molecular weight is 246 g/mol. The van der Waals surface area contributed by atoms with Crippen LogP contribution in [0.3, 0.4) is 0 Å². The van der Waals surface area contributed by atoms with Gasteiger partial charge in [0, 0.05) is 25.3 Å². The van der Waals surface area contributed by atoms with Crippen molar-refractivity contribution < 1.29 is 4.74 Å². The van der Waals surface area contributed by atoms with Crippen molar-refractivity contribution in [2.24, 2.45) is 5.73 Å². The molecule has 0 aromatic heterocycles. The molecular formula is C15H22N2O. The van der Waals surface area contributed by atoms with Gasteiger partial charge in [0.2, 0.25) is 0 Å². The lowest BCUT2D eigenvalue weighted by molar-refractivity contribution is 0.120. The first kappa shape index (κ1) is 14.7. The van der Waals surface area contributed by atoms with Gasteiger partial charge in [-0.05, 0) is 31.7 Å². The van der Waals surface area contributed by atoms with E-state index in [1.54, 1.807) is 0 Å². The van der Waals surface area contributed by atoms with Crippen LogP contribution >= 0.6 is 0 Å². The molecule has 0 atom stereocenters. The first-order valence-corrected chi connectivity index (χ1v) is 6.30. The summed E-state index contributed by atoms with van der Waals surface area (Å²) in [5, 5.41) is 0. The number of hydrogen-bond acceptors (Lipinski definition) is 3. The average Bonchev–Trinajstić information content (AvgIpc) is 2.37. The second kappa shape index (κ2) is 8.71. The molecule has 0 bridgehead atoms. The van der Waals surface area contributed by atoms with Gasteiger partial charge in [-0.2, -0.15) is 0 Å². The SMILES string of the molecule is CCOCCN(C)Cc1cccc(C#CCN)c1. The minimum Gasteiger partial charge on any atom is -0.380 e. The monoisotopic (exact) mass is 246 g/mol. The topological polar surface area (TPSA) is 38.5 Å². The number of benzene rings is 1. The Bertz CT molecular complexity index is 406. The van der Waals surface area contributed by atoms with Crippen molar-refractivity contribution in [3.05, 3.63) is 35.4 Å². The van der Waals surface area contributed by atoms with E-state index in [0.29, 0.717) is 6.54 Å². The van der Waals surface area contributed by atoms with E-state index in [4.69, 9.17) is 10.5 Å². The lowest BCUT2D eigenvalue weighted by Gasteiger charge is -2.16. The molecule has 0 aliphatic heterocycles. The molecule has 3 nitrogen and oxygen atoms in total. The van der Waals surface area contributed by atoms with Crippen molar-refractivity contribution in [2.75, 3.05) is 33.4 Å². The van der Waals surface area contributed by atoms with Crippen LogP contribution in [0.15, 0.2) is 24.3 Å². The molecule has 0 amide bonds. The zero-order valence-electron chi connectivity index (χ0n) is 11.3. The Hall–Kier alpha value is -1.34. The Morgan fingerprint density at radius 3 is 2.94 bits per heavy atom. The van der Waals surface area contributed by atoms with Gasteiger partial charge < -0.3 is 10.5 Å². The quantitative estimate of drug-likeness (QED) is 0.610. The van der Waals surface area contributed by atoms with Gasteiger partial charge in [-0.15, -0.1) is 0 Å². The molecule has 0 heterocycles. The lowest BCUT2D eigenvalue weighted by atomic mass is 10.1. The van der Waals surface area contributed by atoms with Crippen molar-refractivity contribution in [3.8, 4) is 11.8 Å². The number of nitrogens with two attached hydrogens (primary N) is 1. The highest BCUT2D eigenvalue weighted by Gasteiger charge is 2.00. The van der Waals surface area contributed by atoms with Crippen LogP contribution in [0, 0.1) is 11.8 Å². The number of nitrogens with zero attached hydrogens (tertiary/aromatic N) is 1. The van der Waals surface area contributed by atoms with Crippen LogP contribution < -0.4 is 5.73 Å². The molecular weight excluding hydrogens is 224 g/mol. The number of ether oxygens (including phenoxy) is 1. The summed E-state index contributed by atoms with van der Waals surface area (Å²) in [5.41, 5.74) is 7.65. The van der Waals surface area contributed by atoms with E-state index in [0.717, 1.165) is 31.9 Å². The van der Waals surface area contributed by atoms with Gasteiger partial charge in [0.25, 0.3) is 0 Å². The maximum atomic E-state index is 5.37. The Kier molecular flexibility index (Phi) is 7.12. The number of likely N-dealkylation sites (N-methyl/N-ethyl adjacent to an activating group) is 1. The predicted molar refractivity (Wildman–Crippen MR) is 75.2 cm³/mol. The molecule has 0 radical (unpaired) electrons. The van der Waals surface area contributed by atoms with E-state index in [2.05, 4.69) is 35.9 Å². The fourth-order valence-corrected chi connectivity index (χ4v) is 1.66. The van der Waals surface area contributed by atoms with Crippen molar-refractivity contribution in [2.45, 2.75) is 13.5 Å². The van der Waals surface area contributed by atoms with Gasteiger partial charge in [0.1, 0.15) is 0 Å².